The molecule has 1 aromatic carbocycles. The second-order valence-corrected chi connectivity index (χ2v) is 5.24. The molecular weight excluding hydrogens is 334 g/mol. The van der Waals surface area contributed by atoms with Crippen molar-refractivity contribution in [1.82, 2.24) is 10.3 Å². The van der Waals surface area contributed by atoms with E-state index in [1.54, 1.807) is 0 Å². The number of aryl methyl sites for hydroxylation is 1. The molecule has 0 unspecified atom stereocenters. The van der Waals surface area contributed by atoms with Crippen molar-refractivity contribution in [3.8, 4) is 11.3 Å². The predicted molar refractivity (Wildman–Crippen MR) is 84.4 cm³/mol. The van der Waals surface area contributed by atoms with Crippen molar-refractivity contribution in [2.75, 3.05) is 13.7 Å². The fourth-order valence-corrected chi connectivity index (χ4v) is 2.15. The summed E-state index contributed by atoms with van der Waals surface area (Å²) in [7, 11) is 1.30. The molecule has 0 fully saturated rings. The van der Waals surface area contributed by atoms with E-state index in [0.29, 0.717) is 13.0 Å². The molecule has 0 bridgehead atoms. The summed E-state index contributed by atoms with van der Waals surface area (Å²) in [5, 5.41) is 2.65. The predicted octanol–water partition coefficient (Wildman–Crippen LogP) is 2.62. The molecule has 1 amide bonds. The van der Waals surface area contributed by atoms with Gasteiger partial charge >= 0.3 is 5.97 Å². The number of nitrogens with zero attached hydrogens (tertiary/aromatic N) is 1. The second kappa shape index (κ2) is 8.91. The van der Waals surface area contributed by atoms with E-state index in [9.17, 15) is 18.4 Å². The van der Waals surface area contributed by atoms with Crippen molar-refractivity contribution in [1.29, 1.82) is 0 Å². The van der Waals surface area contributed by atoms with Gasteiger partial charge in [0.1, 0.15) is 11.6 Å². The Balaban J connectivity index is 1.82. The zero-order chi connectivity index (χ0) is 18.2. The van der Waals surface area contributed by atoms with Crippen LogP contribution >= 0.6 is 0 Å². The normalized spacial score (nSPS) is 10.5. The number of carbonyl (C=O) groups excluding carboxylic acids is 2. The van der Waals surface area contributed by atoms with Gasteiger partial charge in [-0.25, -0.2) is 13.8 Å². The lowest BCUT2D eigenvalue weighted by molar-refractivity contribution is -0.140. The number of aromatic nitrogens is 1. The maximum Gasteiger partial charge on any atom is 0.305 e. The van der Waals surface area contributed by atoms with Crippen LogP contribution in [0.5, 0.6) is 0 Å². The first-order valence-corrected chi connectivity index (χ1v) is 7.74. The second-order valence-electron chi connectivity index (χ2n) is 5.24. The number of hydrogen-bond donors (Lipinski definition) is 1. The Bertz CT molecular complexity index is 726. The smallest absolute Gasteiger partial charge is 0.305 e. The first-order chi connectivity index (χ1) is 12.0. The third kappa shape index (κ3) is 5.37. The Labute approximate surface area is 143 Å². The van der Waals surface area contributed by atoms with Gasteiger partial charge in [0.05, 0.1) is 18.9 Å². The van der Waals surface area contributed by atoms with Gasteiger partial charge in [-0.15, -0.1) is 0 Å². The number of carbonyl (C=O) groups is 2. The summed E-state index contributed by atoms with van der Waals surface area (Å²) >= 11 is 0. The first-order valence-electron chi connectivity index (χ1n) is 7.74. The zero-order valence-corrected chi connectivity index (χ0v) is 13.7. The molecule has 0 saturated heterocycles. The number of esters is 1. The van der Waals surface area contributed by atoms with Crippen LogP contribution in [0.15, 0.2) is 28.8 Å². The minimum absolute atomic E-state index is 0.0240. The van der Waals surface area contributed by atoms with E-state index in [4.69, 9.17) is 4.42 Å². The van der Waals surface area contributed by atoms with Crippen LogP contribution < -0.4 is 5.32 Å². The molecule has 0 aliphatic rings. The Kier molecular flexibility index (Phi) is 6.62. The molecule has 0 aliphatic heterocycles. The number of halogens is 2. The molecule has 0 aliphatic carbocycles. The highest BCUT2D eigenvalue weighted by atomic mass is 19.1. The summed E-state index contributed by atoms with van der Waals surface area (Å²) in [6.07, 6.45) is 2.24. The molecule has 0 spiro atoms. The number of oxazole rings is 1. The van der Waals surface area contributed by atoms with E-state index < -0.39 is 11.6 Å². The minimum atomic E-state index is -0.744. The van der Waals surface area contributed by atoms with E-state index in [1.807, 2.05) is 0 Å². The third-order valence-electron chi connectivity index (χ3n) is 3.44. The molecule has 2 rings (SSSR count). The number of amides is 1. The molecule has 6 nitrogen and oxygen atoms in total. The van der Waals surface area contributed by atoms with Gasteiger partial charge in [-0.1, -0.05) is 6.07 Å². The SMILES string of the molecule is COC(=O)CCCNC(=O)CCc1ncc(-c2c(F)cccc2F)o1. The van der Waals surface area contributed by atoms with Crippen molar-refractivity contribution in [3.63, 3.8) is 0 Å². The van der Waals surface area contributed by atoms with Crippen molar-refractivity contribution in [2.45, 2.75) is 25.7 Å². The quantitative estimate of drug-likeness (QED) is 0.583. The summed E-state index contributed by atoms with van der Waals surface area (Å²) in [6, 6.07) is 3.51. The van der Waals surface area contributed by atoms with Crippen LogP contribution in [0.4, 0.5) is 8.78 Å². The first kappa shape index (κ1) is 18.6. The van der Waals surface area contributed by atoms with Gasteiger partial charge in [-0.05, 0) is 18.6 Å². The number of rotatable bonds is 8. The van der Waals surface area contributed by atoms with E-state index in [2.05, 4.69) is 15.0 Å². The number of benzene rings is 1. The molecule has 1 N–H and O–H groups in total. The van der Waals surface area contributed by atoms with E-state index in [-0.39, 0.29) is 48.4 Å². The van der Waals surface area contributed by atoms with E-state index >= 15 is 0 Å². The molecular formula is C17H18F2N2O4. The summed E-state index contributed by atoms with van der Waals surface area (Å²) in [6.45, 7) is 0.352. The Morgan fingerprint density at radius 3 is 2.64 bits per heavy atom. The van der Waals surface area contributed by atoms with E-state index in [0.717, 1.165) is 12.1 Å². The third-order valence-corrected chi connectivity index (χ3v) is 3.44. The average Bonchev–Trinajstić information content (AvgIpc) is 3.05. The van der Waals surface area contributed by atoms with Gasteiger partial charge in [0.25, 0.3) is 0 Å². The minimum Gasteiger partial charge on any atom is -0.469 e. The zero-order valence-electron chi connectivity index (χ0n) is 13.7. The van der Waals surface area contributed by atoms with Crippen molar-refractivity contribution < 1.29 is 27.5 Å². The van der Waals surface area contributed by atoms with Gasteiger partial charge in [0.15, 0.2) is 11.7 Å². The lowest BCUT2D eigenvalue weighted by Crippen LogP contribution is -2.25. The summed E-state index contributed by atoms with van der Waals surface area (Å²) in [5.41, 5.74) is -0.284. The lowest BCUT2D eigenvalue weighted by atomic mass is 10.1. The molecule has 1 heterocycles. The Hall–Kier alpha value is -2.77. The Morgan fingerprint density at radius 1 is 1.24 bits per heavy atom. The number of nitrogens with one attached hydrogen (secondary N) is 1. The highest BCUT2D eigenvalue weighted by Crippen LogP contribution is 2.26. The van der Waals surface area contributed by atoms with Crippen LogP contribution in [0, 0.1) is 11.6 Å². The van der Waals surface area contributed by atoms with Gasteiger partial charge in [-0.2, -0.15) is 0 Å². The average molecular weight is 352 g/mol. The fourth-order valence-electron chi connectivity index (χ4n) is 2.15. The maximum absolute atomic E-state index is 13.7. The summed E-state index contributed by atoms with van der Waals surface area (Å²) < 4.78 is 37.2. The van der Waals surface area contributed by atoms with Crippen LogP contribution in [0.1, 0.15) is 25.2 Å². The molecule has 0 saturated carbocycles. The molecule has 2 aromatic rings. The van der Waals surface area contributed by atoms with Crippen molar-refractivity contribution in [2.24, 2.45) is 0 Å². The highest BCUT2D eigenvalue weighted by molar-refractivity contribution is 5.76. The van der Waals surface area contributed by atoms with Crippen LogP contribution in [-0.4, -0.2) is 30.5 Å². The summed E-state index contributed by atoms with van der Waals surface area (Å²) in [5.74, 6) is -1.87. The largest absolute Gasteiger partial charge is 0.469 e. The lowest BCUT2D eigenvalue weighted by Gasteiger charge is -2.03. The van der Waals surface area contributed by atoms with Gasteiger partial charge in [-0.3, -0.25) is 9.59 Å². The molecule has 25 heavy (non-hydrogen) atoms. The molecule has 134 valence electrons. The molecule has 1 aromatic heterocycles. The van der Waals surface area contributed by atoms with Crippen LogP contribution in [0.25, 0.3) is 11.3 Å². The fraction of sp³-hybridized carbons (Fsp3) is 0.353. The topological polar surface area (TPSA) is 81.4 Å². The summed E-state index contributed by atoms with van der Waals surface area (Å²) in [4.78, 5) is 26.6. The number of hydrogen-bond acceptors (Lipinski definition) is 5. The van der Waals surface area contributed by atoms with Gasteiger partial charge in [0.2, 0.25) is 5.91 Å². The monoisotopic (exact) mass is 352 g/mol. The van der Waals surface area contributed by atoms with Crippen LogP contribution in [0.3, 0.4) is 0 Å². The van der Waals surface area contributed by atoms with E-state index in [1.165, 1.54) is 19.4 Å². The standard InChI is InChI=1S/C17H18F2N2O4/c1-24-16(23)6-3-9-20-14(22)7-8-15-21-10-13(25-15)17-11(18)4-2-5-12(17)19/h2,4-5,10H,3,6-9H2,1H3,(H,20,22). The number of methoxy groups -OCH3 is 1. The van der Waals surface area contributed by atoms with Crippen molar-refractivity contribution in [3.05, 3.63) is 41.9 Å². The van der Waals surface area contributed by atoms with Crippen molar-refractivity contribution >= 4 is 11.9 Å². The highest BCUT2D eigenvalue weighted by Gasteiger charge is 2.16. The van der Waals surface area contributed by atoms with Crippen LogP contribution in [0.2, 0.25) is 0 Å². The molecule has 8 heteroatoms. The molecule has 0 radical (unpaired) electrons. The van der Waals surface area contributed by atoms with Gasteiger partial charge < -0.3 is 14.5 Å². The molecule has 0 atom stereocenters. The van der Waals surface area contributed by atoms with Gasteiger partial charge in [0, 0.05) is 25.8 Å². The Morgan fingerprint density at radius 2 is 1.96 bits per heavy atom. The van der Waals surface area contributed by atoms with Crippen LogP contribution in [-0.2, 0) is 20.7 Å². The maximum atomic E-state index is 13.7. The number of ether oxygens (including phenoxy) is 1.